The van der Waals surface area contributed by atoms with E-state index in [0.717, 1.165) is 0 Å². The Labute approximate surface area is 88.5 Å². The van der Waals surface area contributed by atoms with E-state index in [0.29, 0.717) is 24.0 Å². The second-order valence-corrected chi connectivity index (χ2v) is 4.06. The zero-order valence-electron chi connectivity index (χ0n) is 8.37. The molecule has 2 rings (SSSR count). The van der Waals surface area contributed by atoms with Gasteiger partial charge in [0.1, 0.15) is 6.26 Å². The van der Waals surface area contributed by atoms with Crippen LogP contribution in [-0.4, -0.2) is 11.6 Å². The average Bonchev–Trinajstić information content (AvgIpc) is 2.57. The summed E-state index contributed by atoms with van der Waals surface area (Å²) in [5.74, 6) is -0.741. The van der Waals surface area contributed by atoms with Gasteiger partial charge in [-0.2, -0.15) is 0 Å². The first-order chi connectivity index (χ1) is 6.93. The van der Waals surface area contributed by atoms with Gasteiger partial charge in [-0.1, -0.05) is 6.92 Å². The lowest BCUT2D eigenvalue weighted by atomic mass is 9.72. The number of hydrogen-bond acceptors (Lipinski definition) is 3. The molecular formula is C12H10O3. The smallest absolute Gasteiger partial charge is 0.202 e. The van der Waals surface area contributed by atoms with Crippen molar-refractivity contribution in [3.63, 3.8) is 0 Å². The molecule has 1 aromatic rings. The van der Waals surface area contributed by atoms with Crippen LogP contribution in [0.5, 0.6) is 0 Å². The maximum absolute atomic E-state index is 11.5. The Balaban J connectivity index is 2.67. The quantitative estimate of drug-likeness (QED) is 0.655. The van der Waals surface area contributed by atoms with Crippen LogP contribution in [0.2, 0.25) is 0 Å². The second kappa shape index (κ2) is 3.05. The number of carbonyl (C=O) groups is 2. The van der Waals surface area contributed by atoms with Crippen molar-refractivity contribution in [2.75, 3.05) is 0 Å². The van der Waals surface area contributed by atoms with Crippen LogP contribution < -0.4 is 0 Å². The Kier molecular flexibility index (Phi) is 2.07. The summed E-state index contributed by atoms with van der Waals surface area (Å²) < 4.78 is 5.01. The van der Waals surface area contributed by atoms with Gasteiger partial charge < -0.3 is 4.42 Å². The van der Waals surface area contributed by atoms with E-state index in [-0.39, 0.29) is 11.5 Å². The van der Waals surface area contributed by atoms with E-state index < -0.39 is 11.2 Å². The van der Waals surface area contributed by atoms with E-state index in [2.05, 4.69) is 0 Å². The van der Waals surface area contributed by atoms with Gasteiger partial charge in [0.25, 0.3) is 0 Å². The predicted octanol–water partition coefficient (Wildman–Crippen LogP) is 2.12. The molecule has 15 heavy (non-hydrogen) atoms. The maximum Gasteiger partial charge on any atom is 0.202 e. The molecule has 0 spiro atoms. The van der Waals surface area contributed by atoms with Crippen molar-refractivity contribution < 1.29 is 14.0 Å². The summed E-state index contributed by atoms with van der Waals surface area (Å²) in [5.41, 5.74) is 0.118. The van der Waals surface area contributed by atoms with Crippen molar-refractivity contribution in [3.05, 3.63) is 37.0 Å². The standard InChI is InChI=1S/C12H10O3/c1-7(13)11-10-8(6-15-11)9(14)4-5-12(10,2)3/h1-2,6H,4-5H2,3H3. The molecule has 0 bridgehead atoms. The first kappa shape index (κ1) is 10.1. The van der Waals surface area contributed by atoms with E-state index >= 15 is 0 Å². The van der Waals surface area contributed by atoms with Crippen LogP contribution >= 0.6 is 0 Å². The molecule has 0 amide bonds. The molecular weight excluding hydrogens is 192 g/mol. The van der Waals surface area contributed by atoms with Crippen LogP contribution in [0.1, 0.15) is 46.2 Å². The fourth-order valence-corrected chi connectivity index (χ4v) is 1.94. The van der Waals surface area contributed by atoms with Crippen LogP contribution in [0, 0.1) is 13.8 Å². The summed E-state index contributed by atoms with van der Waals surface area (Å²) in [5, 5.41) is 0. The van der Waals surface area contributed by atoms with Gasteiger partial charge in [0.05, 0.1) is 5.56 Å². The highest BCUT2D eigenvalue weighted by Crippen LogP contribution is 2.39. The second-order valence-electron chi connectivity index (χ2n) is 4.06. The Hall–Kier alpha value is -1.38. The summed E-state index contributed by atoms with van der Waals surface area (Å²) in [6.45, 7) is 12.9. The number of fused-ring (bicyclic) bond motifs is 1. The molecule has 1 unspecified atom stereocenters. The third kappa shape index (κ3) is 1.42. The monoisotopic (exact) mass is 202 g/mol. The lowest BCUT2D eigenvalue weighted by molar-refractivity contribution is 0.0960. The SMILES string of the molecule is [CH]C(=O)c1occ2c1C([CH])(C)CCC2=O. The third-order valence-electron chi connectivity index (χ3n) is 2.76. The highest BCUT2D eigenvalue weighted by Gasteiger charge is 2.37. The molecule has 0 saturated heterocycles. The summed E-state index contributed by atoms with van der Waals surface area (Å²) in [6, 6.07) is 0. The fraction of sp³-hybridized carbons (Fsp3) is 0.333. The third-order valence-corrected chi connectivity index (χ3v) is 2.76. The number of rotatable bonds is 1. The van der Waals surface area contributed by atoms with Crippen molar-refractivity contribution in [2.24, 2.45) is 0 Å². The summed E-state index contributed by atoms with van der Waals surface area (Å²) >= 11 is 0. The van der Waals surface area contributed by atoms with Crippen molar-refractivity contribution in [1.82, 2.24) is 0 Å². The van der Waals surface area contributed by atoms with Gasteiger partial charge >= 0.3 is 0 Å². The van der Waals surface area contributed by atoms with Crippen LogP contribution in [0.4, 0.5) is 0 Å². The number of furan rings is 1. The Morgan fingerprint density at radius 1 is 1.60 bits per heavy atom. The molecule has 0 N–H and O–H groups in total. The first-order valence-electron chi connectivity index (χ1n) is 4.67. The molecule has 3 nitrogen and oxygen atoms in total. The lowest BCUT2D eigenvalue weighted by Gasteiger charge is -2.28. The molecule has 1 atom stereocenters. The Morgan fingerprint density at radius 2 is 2.27 bits per heavy atom. The highest BCUT2D eigenvalue weighted by atomic mass is 16.3. The van der Waals surface area contributed by atoms with Crippen molar-refractivity contribution in [1.29, 1.82) is 0 Å². The van der Waals surface area contributed by atoms with Crippen molar-refractivity contribution >= 4 is 11.6 Å². The molecule has 76 valence electrons. The Bertz CT molecular complexity index is 424. The fourth-order valence-electron chi connectivity index (χ4n) is 1.94. The Morgan fingerprint density at radius 3 is 2.87 bits per heavy atom. The van der Waals surface area contributed by atoms with Gasteiger partial charge in [0.2, 0.25) is 5.78 Å². The van der Waals surface area contributed by atoms with Crippen LogP contribution in [-0.2, 0) is 5.41 Å². The van der Waals surface area contributed by atoms with Crippen LogP contribution in [0.3, 0.4) is 0 Å². The molecule has 0 fully saturated rings. The van der Waals surface area contributed by atoms with Crippen molar-refractivity contribution in [3.8, 4) is 0 Å². The lowest BCUT2D eigenvalue weighted by Crippen LogP contribution is -2.28. The minimum absolute atomic E-state index is 0.00282. The van der Waals surface area contributed by atoms with Crippen molar-refractivity contribution in [2.45, 2.75) is 25.2 Å². The molecule has 0 aliphatic heterocycles. The molecule has 1 heterocycles. The van der Waals surface area contributed by atoms with E-state index in [9.17, 15) is 9.59 Å². The molecule has 1 aliphatic carbocycles. The maximum atomic E-state index is 11.5. The summed E-state index contributed by atoms with van der Waals surface area (Å²) in [6.07, 6.45) is 2.14. The molecule has 1 aromatic heterocycles. The van der Waals surface area contributed by atoms with E-state index in [4.69, 9.17) is 18.3 Å². The van der Waals surface area contributed by atoms with E-state index in [1.807, 2.05) is 0 Å². The van der Waals surface area contributed by atoms with Gasteiger partial charge in [-0.05, 0) is 13.3 Å². The van der Waals surface area contributed by atoms with Gasteiger partial charge in [-0.3, -0.25) is 9.59 Å². The van der Waals surface area contributed by atoms with E-state index in [1.54, 1.807) is 6.92 Å². The highest BCUT2D eigenvalue weighted by molar-refractivity contribution is 6.05. The molecule has 1 aliphatic rings. The van der Waals surface area contributed by atoms with Gasteiger partial charge in [-0.25, -0.2) is 0 Å². The topological polar surface area (TPSA) is 47.3 Å². The van der Waals surface area contributed by atoms with Gasteiger partial charge in [-0.15, -0.1) is 0 Å². The zero-order chi connectivity index (χ0) is 11.2. The number of carbonyl (C=O) groups excluding carboxylic acids is 2. The minimum atomic E-state index is -0.722. The largest absolute Gasteiger partial charge is 0.460 e. The predicted molar refractivity (Wildman–Crippen MR) is 52.6 cm³/mol. The van der Waals surface area contributed by atoms with Gasteiger partial charge in [0, 0.05) is 24.3 Å². The summed E-state index contributed by atoms with van der Waals surface area (Å²) in [4.78, 5) is 22.6. The molecule has 0 saturated carbocycles. The summed E-state index contributed by atoms with van der Waals surface area (Å²) in [7, 11) is 0. The zero-order valence-corrected chi connectivity index (χ0v) is 8.37. The normalized spacial score (nSPS) is 18.7. The minimum Gasteiger partial charge on any atom is -0.460 e. The molecule has 0 aromatic carbocycles. The number of ketones is 2. The van der Waals surface area contributed by atoms with Crippen LogP contribution in [0.15, 0.2) is 10.7 Å². The number of hydrogen-bond donors (Lipinski definition) is 0. The first-order valence-corrected chi connectivity index (χ1v) is 4.67. The van der Waals surface area contributed by atoms with E-state index in [1.165, 1.54) is 6.26 Å². The molecule has 4 radical (unpaired) electrons. The van der Waals surface area contributed by atoms with Crippen LogP contribution in [0.25, 0.3) is 0 Å². The average molecular weight is 202 g/mol. The molecule has 3 heteroatoms. The van der Waals surface area contributed by atoms with Gasteiger partial charge in [0.15, 0.2) is 11.5 Å². The number of Topliss-reactive ketones (excluding diaryl/α,β-unsaturated/α-hetero) is 2.